The van der Waals surface area contributed by atoms with E-state index in [-0.39, 0.29) is 0 Å². The summed E-state index contributed by atoms with van der Waals surface area (Å²) < 4.78 is 0. The van der Waals surface area contributed by atoms with E-state index in [1.54, 1.807) is 0 Å². The highest BCUT2D eigenvalue weighted by Crippen LogP contribution is 2.06. The zero-order valence-electron chi connectivity index (χ0n) is 11.4. The minimum Gasteiger partial charge on any atom is -0.392 e. The van der Waals surface area contributed by atoms with E-state index in [2.05, 4.69) is 40.1 Å². The fourth-order valence-electron chi connectivity index (χ4n) is 2.54. The lowest BCUT2D eigenvalue weighted by Gasteiger charge is -2.34. The summed E-state index contributed by atoms with van der Waals surface area (Å²) >= 11 is 4.95. The molecule has 0 unspecified atom stereocenters. The lowest BCUT2D eigenvalue weighted by atomic mass is 10.1. The molecule has 1 aliphatic heterocycles. The Hall–Kier alpha value is -0.970. The lowest BCUT2D eigenvalue weighted by Crippen LogP contribution is -2.48. The predicted octanol–water partition coefficient (Wildman–Crippen LogP) is 1.52. The van der Waals surface area contributed by atoms with Crippen LogP contribution in [0.5, 0.6) is 0 Å². The van der Waals surface area contributed by atoms with Crippen molar-refractivity contribution in [2.45, 2.75) is 12.8 Å². The van der Waals surface area contributed by atoms with Crippen molar-refractivity contribution in [2.75, 3.05) is 39.3 Å². The topological polar surface area (TPSA) is 32.5 Å². The maximum Gasteiger partial charge on any atom is 0.0870 e. The Morgan fingerprint density at radius 3 is 2.32 bits per heavy atom. The normalized spacial score (nSPS) is 17.5. The number of nitrogens with two attached hydrogens (primary N) is 1. The van der Waals surface area contributed by atoms with Crippen molar-refractivity contribution in [1.82, 2.24) is 9.80 Å². The molecule has 2 rings (SSSR count). The van der Waals surface area contributed by atoms with Crippen LogP contribution in [0.15, 0.2) is 30.3 Å². The number of aryl methyl sites for hydroxylation is 1. The van der Waals surface area contributed by atoms with Gasteiger partial charge in [-0.2, -0.15) is 0 Å². The van der Waals surface area contributed by atoms with Gasteiger partial charge in [0.05, 0.1) is 4.99 Å². The zero-order valence-corrected chi connectivity index (χ0v) is 12.2. The van der Waals surface area contributed by atoms with E-state index in [9.17, 15) is 0 Å². The Bertz CT molecular complexity index is 386. The molecule has 1 aliphatic rings. The van der Waals surface area contributed by atoms with E-state index >= 15 is 0 Å². The largest absolute Gasteiger partial charge is 0.392 e. The summed E-state index contributed by atoms with van der Waals surface area (Å²) in [6.07, 6.45) is 2.41. The minimum atomic E-state index is 0.609. The maximum atomic E-state index is 5.58. The molecular weight excluding hydrogens is 254 g/mol. The number of rotatable bonds is 6. The third-order valence-corrected chi connectivity index (χ3v) is 3.76. The van der Waals surface area contributed by atoms with E-state index in [4.69, 9.17) is 18.0 Å². The SMILES string of the molecule is NC(=S)CN1CCN(CCCc2ccccc2)CC1. The van der Waals surface area contributed by atoms with Gasteiger partial charge in [-0.3, -0.25) is 4.90 Å². The summed E-state index contributed by atoms with van der Waals surface area (Å²) in [4.78, 5) is 5.49. The van der Waals surface area contributed by atoms with E-state index in [1.165, 1.54) is 24.9 Å². The number of hydrogen-bond acceptors (Lipinski definition) is 3. The third kappa shape index (κ3) is 5.27. The highest BCUT2D eigenvalue weighted by Gasteiger charge is 2.16. The Balaban J connectivity index is 1.62. The second-order valence-corrected chi connectivity index (χ2v) is 5.70. The first-order valence-electron chi connectivity index (χ1n) is 7.01. The van der Waals surface area contributed by atoms with Gasteiger partial charge in [-0.15, -0.1) is 0 Å². The fraction of sp³-hybridized carbons (Fsp3) is 0.533. The van der Waals surface area contributed by atoms with Gasteiger partial charge in [0.2, 0.25) is 0 Å². The molecule has 0 aliphatic carbocycles. The summed E-state index contributed by atoms with van der Waals surface area (Å²) in [6.45, 7) is 6.41. The predicted molar refractivity (Wildman–Crippen MR) is 84.4 cm³/mol. The zero-order chi connectivity index (χ0) is 13.5. The molecule has 3 nitrogen and oxygen atoms in total. The van der Waals surface area contributed by atoms with Crippen LogP contribution >= 0.6 is 12.2 Å². The molecule has 19 heavy (non-hydrogen) atoms. The number of benzene rings is 1. The summed E-state index contributed by atoms with van der Waals surface area (Å²) in [6, 6.07) is 10.7. The van der Waals surface area contributed by atoms with Crippen LogP contribution < -0.4 is 5.73 Å². The maximum absolute atomic E-state index is 5.58. The molecule has 0 saturated carbocycles. The first-order valence-corrected chi connectivity index (χ1v) is 7.42. The second-order valence-electron chi connectivity index (χ2n) is 5.17. The molecule has 1 saturated heterocycles. The van der Waals surface area contributed by atoms with Crippen molar-refractivity contribution in [3.8, 4) is 0 Å². The molecule has 1 fully saturated rings. The summed E-state index contributed by atoms with van der Waals surface area (Å²) in [7, 11) is 0. The van der Waals surface area contributed by atoms with Crippen molar-refractivity contribution < 1.29 is 0 Å². The Morgan fingerprint density at radius 1 is 1.05 bits per heavy atom. The van der Waals surface area contributed by atoms with Crippen LogP contribution in [-0.4, -0.2) is 54.1 Å². The standard InChI is InChI=1S/C15H23N3S/c16-15(19)13-18-11-9-17(10-12-18)8-4-7-14-5-2-1-3-6-14/h1-3,5-6H,4,7-13H2,(H2,16,19). The Labute approximate surface area is 121 Å². The van der Waals surface area contributed by atoms with Crippen LogP contribution in [0.3, 0.4) is 0 Å². The summed E-state index contributed by atoms with van der Waals surface area (Å²) in [5.74, 6) is 0. The first kappa shape index (κ1) is 14.4. The molecule has 104 valence electrons. The number of hydrogen-bond donors (Lipinski definition) is 1. The summed E-state index contributed by atoms with van der Waals surface area (Å²) in [5.41, 5.74) is 7.02. The van der Waals surface area contributed by atoms with Crippen LogP contribution in [0, 0.1) is 0 Å². The van der Waals surface area contributed by atoms with E-state index in [0.717, 1.165) is 32.7 Å². The number of nitrogens with zero attached hydrogens (tertiary/aromatic N) is 2. The second kappa shape index (κ2) is 7.58. The van der Waals surface area contributed by atoms with Gasteiger partial charge in [0.15, 0.2) is 0 Å². The van der Waals surface area contributed by atoms with E-state index in [0.29, 0.717) is 4.99 Å². The Morgan fingerprint density at radius 2 is 1.68 bits per heavy atom. The molecule has 0 atom stereocenters. The fourth-order valence-corrected chi connectivity index (χ4v) is 2.73. The van der Waals surface area contributed by atoms with Gasteiger partial charge in [-0.05, 0) is 24.9 Å². The van der Waals surface area contributed by atoms with Gasteiger partial charge in [-0.25, -0.2) is 0 Å². The van der Waals surface area contributed by atoms with Crippen molar-refractivity contribution >= 4 is 17.2 Å². The molecule has 0 amide bonds. The van der Waals surface area contributed by atoms with Crippen LogP contribution in [0.25, 0.3) is 0 Å². The average molecular weight is 277 g/mol. The van der Waals surface area contributed by atoms with Gasteiger partial charge in [0.25, 0.3) is 0 Å². The van der Waals surface area contributed by atoms with Crippen molar-refractivity contribution in [1.29, 1.82) is 0 Å². The van der Waals surface area contributed by atoms with Crippen LogP contribution in [0.2, 0.25) is 0 Å². The molecule has 0 spiro atoms. The van der Waals surface area contributed by atoms with Gasteiger partial charge in [0, 0.05) is 32.7 Å². The first-order chi connectivity index (χ1) is 9.24. The smallest absolute Gasteiger partial charge is 0.0870 e. The van der Waals surface area contributed by atoms with Gasteiger partial charge < -0.3 is 10.6 Å². The molecule has 2 N–H and O–H groups in total. The molecule has 0 bridgehead atoms. The van der Waals surface area contributed by atoms with Crippen molar-refractivity contribution in [3.63, 3.8) is 0 Å². The van der Waals surface area contributed by atoms with Crippen LogP contribution in [0.1, 0.15) is 12.0 Å². The van der Waals surface area contributed by atoms with E-state index < -0.39 is 0 Å². The van der Waals surface area contributed by atoms with Gasteiger partial charge in [0.1, 0.15) is 0 Å². The number of piperazine rings is 1. The molecule has 1 heterocycles. The molecule has 0 radical (unpaired) electrons. The summed E-state index contributed by atoms with van der Waals surface area (Å²) in [5, 5.41) is 0. The number of thiocarbonyl (C=S) groups is 1. The van der Waals surface area contributed by atoms with Crippen molar-refractivity contribution in [2.24, 2.45) is 5.73 Å². The molecular formula is C15H23N3S. The van der Waals surface area contributed by atoms with E-state index in [1.807, 2.05) is 0 Å². The average Bonchev–Trinajstić information content (AvgIpc) is 2.41. The van der Waals surface area contributed by atoms with Crippen molar-refractivity contribution in [3.05, 3.63) is 35.9 Å². The van der Waals surface area contributed by atoms with Gasteiger partial charge >= 0.3 is 0 Å². The highest BCUT2D eigenvalue weighted by molar-refractivity contribution is 7.80. The monoisotopic (exact) mass is 277 g/mol. The highest BCUT2D eigenvalue weighted by atomic mass is 32.1. The van der Waals surface area contributed by atoms with Crippen LogP contribution in [0.4, 0.5) is 0 Å². The van der Waals surface area contributed by atoms with Crippen LogP contribution in [-0.2, 0) is 6.42 Å². The quantitative estimate of drug-likeness (QED) is 0.799. The molecule has 1 aromatic carbocycles. The molecule has 0 aromatic heterocycles. The lowest BCUT2D eigenvalue weighted by molar-refractivity contribution is 0.145. The third-order valence-electron chi connectivity index (χ3n) is 3.63. The minimum absolute atomic E-state index is 0.609. The molecule has 1 aromatic rings. The Kier molecular flexibility index (Phi) is 5.76. The molecule has 4 heteroatoms. The van der Waals surface area contributed by atoms with Gasteiger partial charge in [-0.1, -0.05) is 42.5 Å².